The summed E-state index contributed by atoms with van der Waals surface area (Å²) in [5.41, 5.74) is 6.61. The van der Waals surface area contributed by atoms with Gasteiger partial charge < -0.3 is 20.5 Å². The summed E-state index contributed by atoms with van der Waals surface area (Å²) in [6.45, 7) is 6.02. The Morgan fingerprint density at radius 3 is 2.69 bits per heavy atom. The van der Waals surface area contributed by atoms with E-state index in [0.29, 0.717) is 6.42 Å². The molecule has 0 aliphatic heterocycles. The minimum atomic E-state index is -1.71. The van der Waals surface area contributed by atoms with Gasteiger partial charge in [-0.15, -0.1) is 0 Å². The van der Waals surface area contributed by atoms with Gasteiger partial charge in [-0.2, -0.15) is 0 Å². The number of nitrogens with zero attached hydrogens (tertiary/aromatic N) is 2. The molecule has 1 aromatic heterocycles. The van der Waals surface area contributed by atoms with Crippen molar-refractivity contribution in [3.8, 4) is 0 Å². The van der Waals surface area contributed by atoms with Gasteiger partial charge in [0.05, 0.1) is 18.3 Å². The van der Waals surface area contributed by atoms with Crippen LogP contribution in [0.15, 0.2) is 12.5 Å². The molecule has 3 N–H and O–H groups in total. The molecule has 1 aromatic rings. The van der Waals surface area contributed by atoms with Crippen LogP contribution >= 0.6 is 0 Å². The molecule has 7 heteroatoms. The van der Waals surface area contributed by atoms with Crippen molar-refractivity contribution in [2.75, 3.05) is 0 Å². The monoisotopic (exact) mass is 248 g/mol. The molecule has 0 bridgehead atoms. The third kappa shape index (κ3) is 5.81. The molecule has 0 aliphatic carbocycles. The molecule has 0 saturated heterocycles. The second-order valence-corrected chi connectivity index (χ2v) is 9.07. The number of rotatable bonds is 4. The Labute approximate surface area is 119 Å². The molecule has 0 saturated carbocycles. The number of aromatic nitrogens is 2. The maximum Gasteiger partial charge on any atom is 1.00 e. The molecule has 0 radical (unpaired) electrons. The number of H-pyrrole nitrogens is 1. The number of nitrogens with one attached hydrogen (secondary N) is 1. The van der Waals surface area contributed by atoms with Crippen molar-refractivity contribution in [2.24, 2.45) is 5.73 Å². The first-order chi connectivity index (χ1) is 6.88. The summed E-state index contributed by atoms with van der Waals surface area (Å²) >= 11 is 0. The summed E-state index contributed by atoms with van der Waals surface area (Å²) in [5, 5.41) is 0. The topological polar surface area (TPSA) is 85.9 Å². The molecule has 1 atom stereocenters. The van der Waals surface area contributed by atoms with Gasteiger partial charge in [-0.3, -0.25) is 0 Å². The first kappa shape index (κ1) is 15.9. The fourth-order valence-electron chi connectivity index (χ4n) is 1.13. The Balaban J connectivity index is 0.00000225. The van der Waals surface area contributed by atoms with E-state index in [1.807, 2.05) is 19.6 Å². The first-order valence-corrected chi connectivity index (χ1v) is 8.33. The number of hydrogen-bond acceptors (Lipinski definition) is 3. The SMILES string of the molecule is C[Si](C)(C)[N-]C(=O)[C@@H](N)Cc1cnc[nH]1.[Na+]. The van der Waals surface area contributed by atoms with Crippen LogP contribution in [0.5, 0.6) is 0 Å². The van der Waals surface area contributed by atoms with Crippen LogP contribution in [0.2, 0.25) is 19.6 Å². The molecule has 0 aromatic carbocycles. The van der Waals surface area contributed by atoms with E-state index in [9.17, 15) is 4.79 Å². The summed E-state index contributed by atoms with van der Waals surface area (Å²) in [6.07, 6.45) is 3.71. The van der Waals surface area contributed by atoms with Crippen LogP contribution in [0.4, 0.5) is 0 Å². The third-order valence-electron chi connectivity index (χ3n) is 1.76. The van der Waals surface area contributed by atoms with Crippen LogP contribution in [-0.4, -0.2) is 30.2 Å². The number of imidazole rings is 1. The van der Waals surface area contributed by atoms with Crippen LogP contribution in [0.1, 0.15) is 5.69 Å². The van der Waals surface area contributed by atoms with Crippen molar-refractivity contribution in [1.29, 1.82) is 0 Å². The van der Waals surface area contributed by atoms with Crippen LogP contribution in [0.3, 0.4) is 0 Å². The van der Waals surface area contributed by atoms with Gasteiger partial charge in [0.1, 0.15) is 0 Å². The molecule has 0 fully saturated rings. The zero-order valence-electron chi connectivity index (χ0n) is 10.3. The maximum atomic E-state index is 11.6. The summed E-state index contributed by atoms with van der Waals surface area (Å²) in [6, 6.07) is -0.558. The summed E-state index contributed by atoms with van der Waals surface area (Å²) < 4.78 is 0. The predicted octanol–water partition coefficient (Wildman–Crippen LogP) is -1.98. The molecule has 1 rings (SSSR count). The van der Waals surface area contributed by atoms with E-state index in [-0.39, 0.29) is 35.5 Å². The van der Waals surface area contributed by atoms with Crippen molar-refractivity contribution < 1.29 is 34.4 Å². The zero-order valence-corrected chi connectivity index (χ0v) is 13.3. The molecule has 1 heterocycles. The fraction of sp³-hybridized carbons (Fsp3) is 0.556. The Bertz CT molecular complexity index is 323. The fourth-order valence-corrected chi connectivity index (χ4v) is 1.96. The molecule has 16 heavy (non-hydrogen) atoms. The number of carbonyl (C=O) groups is 1. The molecule has 0 aliphatic rings. The van der Waals surface area contributed by atoms with Gasteiger partial charge in [0, 0.05) is 18.3 Å². The smallest absolute Gasteiger partial charge is 0.655 e. The zero-order chi connectivity index (χ0) is 11.5. The van der Waals surface area contributed by atoms with Crippen LogP contribution in [0.25, 0.3) is 4.98 Å². The van der Waals surface area contributed by atoms with Crippen LogP contribution in [-0.2, 0) is 11.2 Å². The van der Waals surface area contributed by atoms with E-state index in [2.05, 4.69) is 15.0 Å². The van der Waals surface area contributed by atoms with Crippen molar-refractivity contribution in [1.82, 2.24) is 9.97 Å². The van der Waals surface area contributed by atoms with E-state index in [1.165, 1.54) is 0 Å². The average molecular weight is 248 g/mol. The van der Waals surface area contributed by atoms with Gasteiger partial charge in [0.15, 0.2) is 0 Å². The van der Waals surface area contributed by atoms with Crippen LogP contribution < -0.4 is 35.3 Å². The normalized spacial score (nSPS) is 12.8. The molecule has 0 unspecified atom stereocenters. The van der Waals surface area contributed by atoms with Gasteiger partial charge in [0.2, 0.25) is 0 Å². The molecule has 1 amide bonds. The number of carbonyl (C=O) groups excluding carboxylic acids is 1. The standard InChI is InChI=1S/C9H18N4OSi.Na/c1-15(2,3)13-9(14)8(10)4-7-5-11-6-12-7;/h5-6,8H,4,10H2,1-3H3,(H2,11,12,13,14);/q;+1/p-1/t8-;/m0./s1. The number of nitrogens with two attached hydrogens (primary N) is 1. The molecule has 0 spiro atoms. The largest absolute Gasteiger partial charge is 1.00 e. The second-order valence-electron chi connectivity index (χ2n) is 4.51. The molecular weight excluding hydrogens is 231 g/mol. The number of hydrogen-bond donors (Lipinski definition) is 2. The Morgan fingerprint density at radius 1 is 1.62 bits per heavy atom. The van der Waals surface area contributed by atoms with E-state index in [4.69, 9.17) is 5.73 Å². The third-order valence-corrected chi connectivity index (χ3v) is 2.65. The van der Waals surface area contributed by atoms with Crippen LogP contribution in [0, 0.1) is 0 Å². The van der Waals surface area contributed by atoms with E-state index in [1.54, 1.807) is 12.5 Å². The van der Waals surface area contributed by atoms with Crippen molar-refractivity contribution in [2.45, 2.75) is 32.1 Å². The summed E-state index contributed by atoms with van der Waals surface area (Å²) in [7, 11) is -1.71. The molecule has 5 nitrogen and oxygen atoms in total. The van der Waals surface area contributed by atoms with Crippen molar-refractivity contribution >= 4 is 14.1 Å². The van der Waals surface area contributed by atoms with Gasteiger partial charge >= 0.3 is 29.6 Å². The maximum absolute atomic E-state index is 11.6. The minimum absolute atomic E-state index is 0. The molecule has 84 valence electrons. The quantitative estimate of drug-likeness (QED) is 0.605. The Hall–Kier alpha value is -0.143. The summed E-state index contributed by atoms with van der Waals surface area (Å²) in [4.78, 5) is 22.5. The average Bonchev–Trinajstić information content (AvgIpc) is 2.53. The Morgan fingerprint density at radius 2 is 2.25 bits per heavy atom. The van der Waals surface area contributed by atoms with Crippen molar-refractivity contribution in [3.05, 3.63) is 23.2 Å². The number of amides is 1. The Kier molecular flexibility index (Phi) is 6.50. The molecular formula is C9H17N4NaOSi. The van der Waals surface area contributed by atoms with Gasteiger partial charge in [-0.1, -0.05) is 19.6 Å². The number of aromatic amines is 1. The van der Waals surface area contributed by atoms with Crippen molar-refractivity contribution in [3.63, 3.8) is 0 Å². The van der Waals surface area contributed by atoms with E-state index in [0.717, 1.165) is 5.69 Å². The van der Waals surface area contributed by atoms with Gasteiger partial charge in [-0.25, -0.2) is 4.98 Å². The first-order valence-electron chi connectivity index (χ1n) is 4.88. The van der Waals surface area contributed by atoms with E-state index < -0.39 is 14.3 Å². The van der Waals surface area contributed by atoms with Gasteiger partial charge in [-0.05, 0) is 8.24 Å². The summed E-state index contributed by atoms with van der Waals surface area (Å²) in [5.74, 6) is -0.205. The van der Waals surface area contributed by atoms with Gasteiger partial charge in [0.25, 0.3) is 0 Å². The minimum Gasteiger partial charge on any atom is -0.655 e. The predicted molar refractivity (Wildman–Crippen MR) is 62.0 cm³/mol. The van der Waals surface area contributed by atoms with E-state index >= 15 is 0 Å². The second kappa shape index (κ2) is 6.56.